The van der Waals surface area contributed by atoms with Crippen molar-refractivity contribution in [3.05, 3.63) is 0 Å². The molecule has 0 N–H and O–H groups in total. The van der Waals surface area contributed by atoms with Crippen molar-refractivity contribution in [3.8, 4) is 0 Å². The molecular formula is C13H32S4. The van der Waals surface area contributed by atoms with Crippen LogP contribution in [0.2, 0.25) is 0 Å². The van der Waals surface area contributed by atoms with Crippen LogP contribution in [0.5, 0.6) is 0 Å². The van der Waals surface area contributed by atoms with E-state index in [9.17, 15) is 0 Å². The van der Waals surface area contributed by atoms with Gasteiger partial charge in [-0.25, -0.2) is 0 Å². The lowest BCUT2D eigenvalue weighted by molar-refractivity contribution is 0.919. The Hall–Kier alpha value is 1.40. The van der Waals surface area contributed by atoms with E-state index in [0.29, 0.717) is 9.49 Å². The van der Waals surface area contributed by atoms with Gasteiger partial charge in [0.2, 0.25) is 0 Å². The van der Waals surface area contributed by atoms with Crippen molar-refractivity contribution in [1.29, 1.82) is 0 Å². The first kappa shape index (κ1) is 23.5. The zero-order valence-electron chi connectivity index (χ0n) is 8.17. The van der Waals surface area contributed by atoms with Crippen LogP contribution >= 0.6 is 47.0 Å². The smallest absolute Gasteiger partial charge is 0.0393 e. The first-order valence-corrected chi connectivity index (χ1v) is 8.84. The highest BCUT2D eigenvalue weighted by Gasteiger charge is 2.39. The summed E-state index contributed by atoms with van der Waals surface area (Å²) in [5.41, 5.74) is 0. The van der Waals surface area contributed by atoms with Gasteiger partial charge in [0.25, 0.3) is 0 Å². The summed E-state index contributed by atoms with van der Waals surface area (Å²) >= 11 is 8.47. The molecule has 2 heterocycles. The maximum absolute atomic E-state index is 2.38. The SMILES string of the molecule is C.C.C.C.CC1(CSCSCC2(C)CS2)CS1. The molecule has 0 aromatic carbocycles. The van der Waals surface area contributed by atoms with Crippen LogP contribution in [-0.2, 0) is 0 Å². The zero-order chi connectivity index (χ0) is 9.36. The van der Waals surface area contributed by atoms with Gasteiger partial charge in [0.15, 0.2) is 0 Å². The monoisotopic (exact) mass is 316 g/mol. The van der Waals surface area contributed by atoms with E-state index in [1.54, 1.807) is 0 Å². The molecule has 2 saturated heterocycles. The van der Waals surface area contributed by atoms with E-state index in [4.69, 9.17) is 0 Å². The summed E-state index contributed by atoms with van der Waals surface area (Å²) in [5, 5.41) is 1.30. The average molecular weight is 317 g/mol. The maximum atomic E-state index is 2.38. The third-order valence-electron chi connectivity index (χ3n) is 2.26. The van der Waals surface area contributed by atoms with E-state index in [1.807, 2.05) is 0 Å². The molecule has 0 saturated carbocycles. The molecule has 2 rings (SSSR count). The highest BCUT2D eigenvalue weighted by Crippen LogP contribution is 2.48. The third kappa shape index (κ3) is 9.01. The van der Waals surface area contributed by atoms with Crippen molar-refractivity contribution >= 4 is 47.0 Å². The van der Waals surface area contributed by atoms with Crippen molar-refractivity contribution in [2.75, 3.05) is 28.1 Å². The van der Waals surface area contributed by atoms with Gasteiger partial charge >= 0.3 is 0 Å². The predicted molar refractivity (Wildman–Crippen MR) is 98.4 cm³/mol. The highest BCUT2D eigenvalue weighted by molar-refractivity contribution is 8.17. The minimum absolute atomic E-state index is 0. The number of rotatable bonds is 6. The van der Waals surface area contributed by atoms with Crippen LogP contribution < -0.4 is 0 Å². The molecule has 4 heteroatoms. The molecule has 2 atom stereocenters. The van der Waals surface area contributed by atoms with Crippen molar-refractivity contribution in [2.24, 2.45) is 0 Å². The summed E-state index contributed by atoms with van der Waals surface area (Å²) in [4.78, 5) is 0. The fourth-order valence-corrected chi connectivity index (χ4v) is 5.31. The molecular weight excluding hydrogens is 284 g/mol. The van der Waals surface area contributed by atoms with E-state index in [1.165, 1.54) is 28.1 Å². The van der Waals surface area contributed by atoms with Gasteiger partial charge in [-0.05, 0) is 13.8 Å². The first-order valence-electron chi connectivity index (χ1n) is 4.55. The van der Waals surface area contributed by atoms with Gasteiger partial charge in [0, 0.05) is 37.6 Å². The largest absolute Gasteiger partial charge is 0.152 e. The second-order valence-corrected chi connectivity index (χ2v) is 9.75. The predicted octanol–water partition coefficient (Wildman–Crippen LogP) is 5.97. The van der Waals surface area contributed by atoms with Crippen molar-refractivity contribution in [3.63, 3.8) is 0 Å². The normalized spacial score (nSPS) is 32.1. The van der Waals surface area contributed by atoms with Gasteiger partial charge in [0.05, 0.1) is 0 Å². The minimum Gasteiger partial charge on any atom is -0.152 e. The molecule has 2 aliphatic rings. The van der Waals surface area contributed by atoms with E-state index in [-0.39, 0.29) is 29.7 Å². The number of thioether (sulfide) groups is 4. The van der Waals surface area contributed by atoms with Gasteiger partial charge in [-0.15, -0.1) is 23.5 Å². The van der Waals surface area contributed by atoms with Gasteiger partial charge in [-0.2, -0.15) is 23.5 Å². The van der Waals surface area contributed by atoms with E-state index >= 15 is 0 Å². The Balaban J connectivity index is -0.000000490. The molecule has 0 amide bonds. The maximum Gasteiger partial charge on any atom is 0.0393 e. The number of hydrogen-bond acceptors (Lipinski definition) is 4. The molecule has 2 fully saturated rings. The fraction of sp³-hybridized carbons (Fsp3) is 1.00. The average Bonchev–Trinajstić information content (AvgIpc) is 2.95. The zero-order valence-corrected chi connectivity index (χ0v) is 11.4. The fourth-order valence-electron chi connectivity index (χ4n) is 0.987. The Kier molecular flexibility index (Phi) is 12.9. The lowest BCUT2D eigenvalue weighted by atomic mass is 10.3. The molecule has 0 nitrogen and oxygen atoms in total. The molecule has 2 aliphatic heterocycles. The van der Waals surface area contributed by atoms with Gasteiger partial charge in [-0.3, -0.25) is 0 Å². The van der Waals surface area contributed by atoms with E-state index in [2.05, 4.69) is 60.9 Å². The van der Waals surface area contributed by atoms with Crippen LogP contribution in [0.1, 0.15) is 43.6 Å². The molecule has 108 valence electrons. The third-order valence-corrected chi connectivity index (χ3v) is 8.47. The lowest BCUT2D eigenvalue weighted by Crippen LogP contribution is -2.08. The van der Waals surface area contributed by atoms with Crippen LogP contribution in [-0.4, -0.2) is 37.6 Å². The van der Waals surface area contributed by atoms with Crippen LogP contribution in [0.3, 0.4) is 0 Å². The second kappa shape index (κ2) is 9.33. The second-order valence-electron chi connectivity index (χ2n) is 4.29. The van der Waals surface area contributed by atoms with Crippen LogP contribution in [0, 0.1) is 0 Å². The molecule has 0 aliphatic carbocycles. The Morgan fingerprint density at radius 1 is 0.824 bits per heavy atom. The quantitative estimate of drug-likeness (QED) is 0.336. The molecule has 0 bridgehead atoms. The number of hydrogen-bond donors (Lipinski definition) is 0. The van der Waals surface area contributed by atoms with Crippen molar-refractivity contribution in [1.82, 2.24) is 0 Å². The summed E-state index contributed by atoms with van der Waals surface area (Å²) in [7, 11) is 0. The standard InChI is InChI=1S/C9H16S4.4CH4/c1-8(5-12-8)3-10-7-11-4-9(2)6-13-9;;;;/h3-7H2,1-2H3;4*1H4. The van der Waals surface area contributed by atoms with Crippen LogP contribution in [0.4, 0.5) is 0 Å². The van der Waals surface area contributed by atoms with Crippen LogP contribution in [0.25, 0.3) is 0 Å². The van der Waals surface area contributed by atoms with E-state index in [0.717, 1.165) is 0 Å². The van der Waals surface area contributed by atoms with Crippen molar-refractivity contribution < 1.29 is 0 Å². The van der Waals surface area contributed by atoms with Gasteiger partial charge in [-0.1, -0.05) is 29.7 Å². The Labute approximate surface area is 128 Å². The Morgan fingerprint density at radius 3 is 1.35 bits per heavy atom. The molecule has 2 unspecified atom stereocenters. The van der Waals surface area contributed by atoms with E-state index < -0.39 is 0 Å². The summed E-state index contributed by atoms with van der Waals surface area (Å²) in [6, 6.07) is 0. The molecule has 0 radical (unpaired) electrons. The highest BCUT2D eigenvalue weighted by atomic mass is 32.2. The van der Waals surface area contributed by atoms with Gasteiger partial charge in [0.1, 0.15) is 0 Å². The topological polar surface area (TPSA) is 0 Å². The molecule has 0 aromatic rings. The molecule has 0 spiro atoms. The van der Waals surface area contributed by atoms with Crippen LogP contribution in [0.15, 0.2) is 0 Å². The van der Waals surface area contributed by atoms with Crippen molar-refractivity contribution in [2.45, 2.75) is 53.0 Å². The Bertz CT molecular complexity index is 166. The lowest BCUT2D eigenvalue weighted by Gasteiger charge is -2.07. The summed E-state index contributed by atoms with van der Waals surface area (Å²) in [6.45, 7) is 4.76. The summed E-state index contributed by atoms with van der Waals surface area (Å²) in [6.07, 6.45) is 0. The summed E-state index contributed by atoms with van der Waals surface area (Å²) < 4.78 is 1.31. The molecule has 17 heavy (non-hydrogen) atoms. The molecule has 0 aromatic heterocycles. The Morgan fingerprint density at radius 2 is 1.12 bits per heavy atom. The first-order chi connectivity index (χ1) is 6.12. The summed E-state index contributed by atoms with van der Waals surface area (Å²) in [5.74, 6) is 5.49. The van der Waals surface area contributed by atoms with Gasteiger partial charge < -0.3 is 0 Å². The minimum atomic E-state index is 0.